The number of esters is 1. The van der Waals surface area contributed by atoms with E-state index in [4.69, 9.17) is 9.47 Å². The van der Waals surface area contributed by atoms with Gasteiger partial charge in [0, 0.05) is 0 Å². The first-order valence-electron chi connectivity index (χ1n) is 8.20. The van der Waals surface area contributed by atoms with Gasteiger partial charge in [-0.15, -0.1) is 0 Å². The molecule has 0 saturated heterocycles. The van der Waals surface area contributed by atoms with Crippen molar-refractivity contribution in [2.75, 3.05) is 18.0 Å². The van der Waals surface area contributed by atoms with Gasteiger partial charge in [0.15, 0.2) is 0 Å². The third-order valence-corrected chi connectivity index (χ3v) is 6.44. The molecule has 138 valence electrons. The van der Waals surface area contributed by atoms with Crippen LogP contribution in [-0.4, -0.2) is 34.1 Å². The van der Waals surface area contributed by atoms with Gasteiger partial charge in [-0.05, 0) is 44.0 Å². The fraction of sp³-hybridized carbons (Fsp3) is 0.316. The van der Waals surface area contributed by atoms with Crippen molar-refractivity contribution in [1.29, 1.82) is 0 Å². The molecule has 0 saturated carbocycles. The Balaban J connectivity index is 2.16. The van der Waals surface area contributed by atoms with Crippen molar-refractivity contribution in [2.24, 2.45) is 0 Å². The maximum Gasteiger partial charge on any atom is 0.348 e. The molecule has 3 rings (SSSR count). The first-order valence-corrected chi connectivity index (χ1v) is 9.64. The highest BCUT2D eigenvalue weighted by Crippen LogP contribution is 2.38. The Hall–Kier alpha value is -2.54. The van der Waals surface area contributed by atoms with Crippen LogP contribution in [0.2, 0.25) is 0 Å². The average Bonchev–Trinajstić information content (AvgIpc) is 2.58. The molecule has 0 aliphatic carbocycles. The number of aryl methyl sites for hydroxylation is 3. The highest BCUT2D eigenvalue weighted by molar-refractivity contribution is 7.93. The Morgan fingerprint density at radius 1 is 1.15 bits per heavy atom. The smallest absolute Gasteiger partial charge is 0.348 e. The van der Waals surface area contributed by atoms with Gasteiger partial charge in [0.2, 0.25) is 6.10 Å². The molecule has 0 amide bonds. The number of anilines is 1. The first-order chi connectivity index (χ1) is 12.3. The number of rotatable bonds is 3. The molecule has 26 heavy (non-hydrogen) atoms. The highest BCUT2D eigenvalue weighted by Gasteiger charge is 2.39. The summed E-state index contributed by atoms with van der Waals surface area (Å²) in [5.74, 6) is -0.280. The van der Waals surface area contributed by atoms with Crippen LogP contribution in [0.5, 0.6) is 5.75 Å². The number of benzene rings is 2. The van der Waals surface area contributed by atoms with Gasteiger partial charge in [0.25, 0.3) is 10.0 Å². The van der Waals surface area contributed by atoms with Crippen molar-refractivity contribution in [3.05, 3.63) is 53.1 Å². The first kappa shape index (κ1) is 18.3. The average molecular weight is 375 g/mol. The molecule has 1 heterocycles. The van der Waals surface area contributed by atoms with Gasteiger partial charge < -0.3 is 9.47 Å². The third-order valence-electron chi connectivity index (χ3n) is 4.35. The van der Waals surface area contributed by atoms with Crippen LogP contribution >= 0.6 is 0 Å². The van der Waals surface area contributed by atoms with Gasteiger partial charge in [0.05, 0.1) is 24.2 Å². The molecule has 0 N–H and O–H groups in total. The van der Waals surface area contributed by atoms with Crippen LogP contribution in [0.25, 0.3) is 0 Å². The predicted octanol–water partition coefficient (Wildman–Crippen LogP) is 2.74. The Morgan fingerprint density at radius 3 is 2.38 bits per heavy atom. The third kappa shape index (κ3) is 3.03. The van der Waals surface area contributed by atoms with E-state index in [0.29, 0.717) is 22.6 Å². The number of para-hydroxylation sites is 2. The number of hydrogen-bond acceptors (Lipinski definition) is 5. The molecule has 1 aliphatic rings. The Labute approximate surface area is 153 Å². The number of ether oxygens (including phenoxy) is 2. The van der Waals surface area contributed by atoms with Gasteiger partial charge in [-0.1, -0.05) is 29.8 Å². The number of fused-ring (bicyclic) bond motifs is 1. The largest absolute Gasteiger partial charge is 0.475 e. The van der Waals surface area contributed by atoms with E-state index in [1.54, 1.807) is 38.1 Å². The van der Waals surface area contributed by atoms with Crippen LogP contribution in [0, 0.1) is 20.8 Å². The second-order valence-corrected chi connectivity index (χ2v) is 8.16. The van der Waals surface area contributed by atoms with Crippen LogP contribution in [0.3, 0.4) is 0 Å². The van der Waals surface area contributed by atoms with Crippen LogP contribution in [-0.2, 0) is 19.6 Å². The normalized spacial score (nSPS) is 16.6. The van der Waals surface area contributed by atoms with Gasteiger partial charge >= 0.3 is 5.97 Å². The van der Waals surface area contributed by atoms with Crippen molar-refractivity contribution < 1.29 is 22.7 Å². The molecule has 7 heteroatoms. The fourth-order valence-corrected chi connectivity index (χ4v) is 5.26. The Morgan fingerprint density at radius 2 is 1.77 bits per heavy atom. The zero-order chi connectivity index (χ0) is 19.1. The zero-order valence-corrected chi connectivity index (χ0v) is 16.0. The number of carbonyl (C=O) groups is 1. The summed E-state index contributed by atoms with van der Waals surface area (Å²) in [5, 5.41) is 0. The summed E-state index contributed by atoms with van der Waals surface area (Å²) in [6.07, 6.45) is -1.02. The second kappa shape index (κ2) is 6.64. The van der Waals surface area contributed by atoms with Crippen molar-refractivity contribution in [3.8, 4) is 5.75 Å². The molecule has 1 atom stereocenters. The number of carbonyl (C=O) groups excluding carboxylic acids is 1. The zero-order valence-electron chi connectivity index (χ0n) is 15.1. The molecule has 2 aromatic carbocycles. The summed E-state index contributed by atoms with van der Waals surface area (Å²) in [6, 6.07) is 10.4. The van der Waals surface area contributed by atoms with Crippen LogP contribution < -0.4 is 9.04 Å². The molecule has 2 aromatic rings. The lowest BCUT2D eigenvalue weighted by Crippen LogP contribution is -2.47. The monoisotopic (exact) mass is 375 g/mol. The summed E-state index contributed by atoms with van der Waals surface area (Å²) < 4.78 is 38.6. The lowest BCUT2D eigenvalue weighted by atomic mass is 10.1. The molecule has 0 fully saturated rings. The van der Waals surface area contributed by atoms with Crippen molar-refractivity contribution in [3.63, 3.8) is 0 Å². The van der Waals surface area contributed by atoms with Crippen LogP contribution in [0.15, 0.2) is 41.3 Å². The second-order valence-electron chi connectivity index (χ2n) is 6.36. The lowest BCUT2D eigenvalue weighted by Gasteiger charge is -2.34. The summed E-state index contributed by atoms with van der Waals surface area (Å²) in [6.45, 7) is 5.33. The van der Waals surface area contributed by atoms with E-state index >= 15 is 0 Å². The minimum absolute atomic E-state index is 0.140. The molecule has 0 unspecified atom stereocenters. The number of nitrogens with zero attached hydrogens (tertiary/aromatic N) is 1. The topological polar surface area (TPSA) is 72.9 Å². The number of sulfonamides is 1. The Kier molecular flexibility index (Phi) is 4.66. The Bertz CT molecular complexity index is 945. The standard InChI is InChI=1S/C19H21NO5S/c1-12-9-13(2)18(14(3)10-12)26(22,23)20-11-17(19(21)24-4)25-16-8-6-5-7-15(16)20/h5-10,17H,11H2,1-4H3/t17-/m0/s1. The quantitative estimate of drug-likeness (QED) is 0.772. The molecule has 0 radical (unpaired) electrons. The van der Waals surface area contributed by atoms with Gasteiger partial charge in [-0.25, -0.2) is 13.2 Å². The van der Waals surface area contributed by atoms with Crippen molar-refractivity contribution in [1.82, 2.24) is 0 Å². The number of hydrogen-bond donors (Lipinski definition) is 0. The fourth-order valence-electron chi connectivity index (χ4n) is 3.37. The van der Waals surface area contributed by atoms with E-state index < -0.39 is 22.1 Å². The van der Waals surface area contributed by atoms with E-state index in [1.807, 2.05) is 19.1 Å². The maximum atomic E-state index is 13.5. The summed E-state index contributed by atoms with van der Waals surface area (Å²) >= 11 is 0. The van der Waals surface area contributed by atoms with Gasteiger partial charge in [-0.2, -0.15) is 0 Å². The number of methoxy groups -OCH3 is 1. The minimum Gasteiger partial charge on any atom is -0.475 e. The molecule has 0 aromatic heterocycles. The minimum atomic E-state index is -3.88. The van der Waals surface area contributed by atoms with Crippen LogP contribution in [0.4, 0.5) is 5.69 Å². The van der Waals surface area contributed by atoms with E-state index in [0.717, 1.165) is 5.56 Å². The van der Waals surface area contributed by atoms with E-state index in [1.165, 1.54) is 11.4 Å². The van der Waals surface area contributed by atoms with Crippen molar-refractivity contribution in [2.45, 2.75) is 31.8 Å². The summed E-state index contributed by atoms with van der Waals surface area (Å²) in [4.78, 5) is 12.2. The van der Waals surface area contributed by atoms with E-state index in [9.17, 15) is 13.2 Å². The molecule has 0 bridgehead atoms. The van der Waals surface area contributed by atoms with E-state index in [2.05, 4.69) is 0 Å². The SMILES string of the molecule is COC(=O)[C@@H]1CN(S(=O)(=O)c2c(C)cc(C)cc2C)c2ccccc2O1. The molecule has 0 spiro atoms. The molecule has 6 nitrogen and oxygen atoms in total. The molecule has 1 aliphatic heterocycles. The highest BCUT2D eigenvalue weighted by atomic mass is 32.2. The summed E-state index contributed by atoms with van der Waals surface area (Å²) in [7, 11) is -2.63. The summed E-state index contributed by atoms with van der Waals surface area (Å²) in [5.41, 5.74) is 2.74. The van der Waals surface area contributed by atoms with Crippen molar-refractivity contribution >= 4 is 21.7 Å². The maximum absolute atomic E-state index is 13.5. The molecular formula is C19H21NO5S. The van der Waals surface area contributed by atoms with E-state index in [-0.39, 0.29) is 11.4 Å². The van der Waals surface area contributed by atoms with Gasteiger partial charge in [-0.3, -0.25) is 4.31 Å². The van der Waals surface area contributed by atoms with Gasteiger partial charge in [0.1, 0.15) is 5.75 Å². The van der Waals surface area contributed by atoms with Crippen LogP contribution in [0.1, 0.15) is 16.7 Å². The lowest BCUT2D eigenvalue weighted by molar-refractivity contribution is -0.148. The predicted molar refractivity (Wildman–Crippen MR) is 98.1 cm³/mol. The molecular weight excluding hydrogens is 354 g/mol.